The molecule has 1 aromatic rings. The Morgan fingerprint density at radius 3 is 2.33 bits per heavy atom. The molecule has 7 nitrogen and oxygen atoms in total. The van der Waals surface area contributed by atoms with E-state index >= 15 is 0 Å². The van der Waals surface area contributed by atoms with E-state index in [0.29, 0.717) is 6.54 Å². The molecule has 1 unspecified atom stereocenters. The maximum absolute atomic E-state index is 12.6. The fourth-order valence-electron chi connectivity index (χ4n) is 3.09. The quantitative estimate of drug-likeness (QED) is 0.793. The van der Waals surface area contributed by atoms with Gasteiger partial charge in [0.1, 0.15) is 0 Å². The van der Waals surface area contributed by atoms with Crippen LogP contribution in [0.25, 0.3) is 0 Å². The molecular weight excluding hydrogens is 366 g/mol. The number of nitrogens with one attached hydrogen (secondary N) is 1. The van der Waals surface area contributed by atoms with E-state index in [1.165, 1.54) is 6.26 Å². The van der Waals surface area contributed by atoms with Crippen molar-refractivity contribution in [3.63, 3.8) is 0 Å². The molecule has 8 heteroatoms. The minimum absolute atomic E-state index is 0.152. The molecule has 0 radical (unpaired) electrons. The summed E-state index contributed by atoms with van der Waals surface area (Å²) in [4.78, 5) is 16.8. The molecule has 1 atom stereocenters. The lowest BCUT2D eigenvalue weighted by molar-refractivity contribution is -0.00906. The number of carbonyl (C=O) groups excluding carboxylic acids is 1. The zero-order chi connectivity index (χ0) is 20.2. The topological polar surface area (TPSA) is 79.0 Å². The minimum Gasteiger partial charge on any atom is -0.379 e. The molecule has 0 aliphatic carbocycles. The second-order valence-corrected chi connectivity index (χ2v) is 9.71. The van der Waals surface area contributed by atoms with Gasteiger partial charge in [0.05, 0.1) is 24.2 Å². The number of carbonyl (C=O) groups is 1. The van der Waals surface area contributed by atoms with Crippen LogP contribution in [0.15, 0.2) is 29.2 Å². The monoisotopic (exact) mass is 397 g/mol. The second kappa shape index (κ2) is 8.58. The average molecular weight is 398 g/mol. The van der Waals surface area contributed by atoms with Crippen molar-refractivity contribution in [3.8, 4) is 0 Å². The highest BCUT2D eigenvalue weighted by atomic mass is 32.2. The highest BCUT2D eigenvalue weighted by Gasteiger charge is 2.29. The van der Waals surface area contributed by atoms with Gasteiger partial charge in [-0.05, 0) is 38.5 Å². The van der Waals surface area contributed by atoms with Gasteiger partial charge in [0, 0.05) is 38.5 Å². The Morgan fingerprint density at radius 2 is 1.81 bits per heavy atom. The van der Waals surface area contributed by atoms with E-state index in [9.17, 15) is 13.2 Å². The number of rotatable bonds is 6. The van der Waals surface area contributed by atoms with E-state index in [1.54, 1.807) is 36.2 Å². The Labute approximate surface area is 162 Å². The first-order chi connectivity index (χ1) is 12.5. The van der Waals surface area contributed by atoms with Gasteiger partial charge < -0.3 is 15.0 Å². The van der Waals surface area contributed by atoms with Crippen molar-refractivity contribution in [2.45, 2.75) is 37.2 Å². The molecule has 1 aromatic carbocycles. The number of hydrogen-bond donors (Lipinski definition) is 1. The molecule has 1 fully saturated rings. The van der Waals surface area contributed by atoms with Crippen LogP contribution in [-0.2, 0) is 14.6 Å². The molecule has 152 valence electrons. The molecule has 1 saturated heterocycles. The van der Waals surface area contributed by atoms with Gasteiger partial charge in [0.15, 0.2) is 9.84 Å². The molecule has 2 amide bonds. The van der Waals surface area contributed by atoms with Gasteiger partial charge in [0.25, 0.3) is 0 Å². The molecule has 1 N–H and O–H groups in total. The summed E-state index contributed by atoms with van der Waals surface area (Å²) in [6.45, 7) is 9.86. The van der Waals surface area contributed by atoms with Crippen LogP contribution in [0.1, 0.15) is 32.4 Å². The molecule has 2 rings (SSSR count). The van der Waals surface area contributed by atoms with Crippen LogP contribution in [0.4, 0.5) is 4.79 Å². The summed E-state index contributed by atoms with van der Waals surface area (Å²) in [6.07, 6.45) is 1.18. The van der Waals surface area contributed by atoms with Crippen LogP contribution in [0.3, 0.4) is 0 Å². The Bertz CT molecular complexity index is 741. The smallest absolute Gasteiger partial charge is 0.317 e. The first-order valence-electron chi connectivity index (χ1n) is 9.16. The average Bonchev–Trinajstić information content (AvgIpc) is 2.65. The lowest BCUT2D eigenvalue weighted by Gasteiger charge is -2.41. The van der Waals surface area contributed by atoms with E-state index in [0.717, 1.165) is 31.9 Å². The summed E-state index contributed by atoms with van der Waals surface area (Å²) in [5.74, 6) is 0. The van der Waals surface area contributed by atoms with Gasteiger partial charge in [-0.15, -0.1) is 0 Å². The first kappa shape index (κ1) is 21.7. The maximum Gasteiger partial charge on any atom is 0.317 e. The zero-order valence-corrected chi connectivity index (χ0v) is 17.7. The maximum atomic E-state index is 12.6. The fourth-order valence-corrected chi connectivity index (χ4v) is 3.72. The third-order valence-corrected chi connectivity index (χ3v) is 6.36. The molecule has 0 aromatic heterocycles. The number of amides is 2. The van der Waals surface area contributed by atoms with Gasteiger partial charge in [-0.1, -0.05) is 12.1 Å². The predicted octanol–water partition coefficient (Wildman–Crippen LogP) is 1.90. The van der Waals surface area contributed by atoms with Crippen molar-refractivity contribution in [3.05, 3.63) is 29.8 Å². The van der Waals surface area contributed by atoms with Crippen LogP contribution >= 0.6 is 0 Å². The van der Waals surface area contributed by atoms with Gasteiger partial charge in [-0.25, -0.2) is 13.2 Å². The van der Waals surface area contributed by atoms with Crippen molar-refractivity contribution in [1.29, 1.82) is 0 Å². The Balaban J connectivity index is 1.95. The molecule has 1 aliphatic rings. The molecule has 0 spiro atoms. The van der Waals surface area contributed by atoms with Gasteiger partial charge in [0.2, 0.25) is 0 Å². The number of benzene rings is 1. The Hall–Kier alpha value is -1.64. The largest absolute Gasteiger partial charge is 0.379 e. The van der Waals surface area contributed by atoms with E-state index in [1.807, 2.05) is 6.92 Å². The lowest BCUT2D eigenvalue weighted by atomic mass is 10.0. The third-order valence-electron chi connectivity index (χ3n) is 5.23. The summed E-state index contributed by atoms with van der Waals surface area (Å²) < 4.78 is 28.6. The lowest BCUT2D eigenvalue weighted by Crippen LogP contribution is -2.56. The van der Waals surface area contributed by atoms with Gasteiger partial charge >= 0.3 is 6.03 Å². The van der Waals surface area contributed by atoms with Crippen LogP contribution in [0.5, 0.6) is 0 Å². The normalized spacial score (nSPS) is 17.4. The molecule has 0 saturated carbocycles. The van der Waals surface area contributed by atoms with Crippen LogP contribution in [0.2, 0.25) is 0 Å². The molecule has 1 aliphatic heterocycles. The van der Waals surface area contributed by atoms with E-state index in [2.05, 4.69) is 24.1 Å². The Kier molecular flexibility index (Phi) is 6.88. The molecular formula is C19H31N3O4S. The summed E-state index contributed by atoms with van der Waals surface area (Å²) in [5, 5.41) is 3.01. The zero-order valence-electron chi connectivity index (χ0n) is 16.9. The number of hydrogen-bond acceptors (Lipinski definition) is 5. The number of sulfone groups is 1. The summed E-state index contributed by atoms with van der Waals surface area (Å²) in [7, 11) is -1.48. The summed E-state index contributed by atoms with van der Waals surface area (Å²) in [5.41, 5.74) is 0.730. The highest BCUT2D eigenvalue weighted by molar-refractivity contribution is 7.90. The standard InChI is InChI=1S/C19H31N3O4S/c1-15(16-6-8-17(9-7-16)27(5,24)25)21(4)18(23)20-14-19(2,3)22-10-12-26-13-11-22/h6-9,15H,10-14H2,1-5H3,(H,20,23). The molecule has 27 heavy (non-hydrogen) atoms. The SMILES string of the molecule is CC(c1ccc(S(C)(=O)=O)cc1)N(C)C(=O)NCC(C)(C)N1CCOCC1. The highest BCUT2D eigenvalue weighted by Crippen LogP contribution is 2.21. The number of nitrogens with zero attached hydrogens (tertiary/aromatic N) is 2. The molecule has 1 heterocycles. The number of urea groups is 1. The summed E-state index contributed by atoms with van der Waals surface area (Å²) in [6, 6.07) is 6.33. The van der Waals surface area contributed by atoms with Crippen molar-refractivity contribution in [2.75, 3.05) is 46.2 Å². The minimum atomic E-state index is -3.22. The number of morpholine rings is 1. The van der Waals surface area contributed by atoms with Crippen LogP contribution < -0.4 is 5.32 Å². The van der Waals surface area contributed by atoms with Gasteiger partial charge in [-0.3, -0.25) is 4.90 Å². The van der Waals surface area contributed by atoms with E-state index in [-0.39, 0.29) is 22.5 Å². The Morgan fingerprint density at radius 1 is 1.26 bits per heavy atom. The predicted molar refractivity (Wildman–Crippen MR) is 106 cm³/mol. The van der Waals surface area contributed by atoms with Crippen molar-refractivity contribution < 1.29 is 17.9 Å². The van der Waals surface area contributed by atoms with Crippen molar-refractivity contribution in [2.24, 2.45) is 0 Å². The van der Waals surface area contributed by atoms with Gasteiger partial charge in [-0.2, -0.15) is 0 Å². The fraction of sp³-hybridized carbons (Fsp3) is 0.632. The van der Waals surface area contributed by atoms with Crippen molar-refractivity contribution in [1.82, 2.24) is 15.1 Å². The van der Waals surface area contributed by atoms with Crippen LogP contribution in [0, 0.1) is 0 Å². The number of ether oxygens (including phenoxy) is 1. The van der Waals surface area contributed by atoms with E-state index < -0.39 is 9.84 Å². The van der Waals surface area contributed by atoms with Crippen LogP contribution in [-0.4, -0.2) is 75.9 Å². The first-order valence-corrected chi connectivity index (χ1v) is 11.0. The molecule has 0 bridgehead atoms. The summed E-state index contributed by atoms with van der Waals surface area (Å²) >= 11 is 0. The van der Waals surface area contributed by atoms with Crippen molar-refractivity contribution >= 4 is 15.9 Å². The third kappa shape index (κ3) is 5.67. The second-order valence-electron chi connectivity index (χ2n) is 7.70. The van der Waals surface area contributed by atoms with E-state index in [4.69, 9.17) is 4.74 Å².